The first-order valence-corrected chi connectivity index (χ1v) is 6.69. The zero-order valence-electron chi connectivity index (χ0n) is 11.4. The summed E-state index contributed by atoms with van der Waals surface area (Å²) in [7, 11) is 0. The van der Waals surface area contributed by atoms with E-state index in [1.807, 2.05) is 25.1 Å². The number of rotatable bonds is 3. The molecule has 0 bridgehead atoms. The lowest BCUT2D eigenvalue weighted by atomic mass is 10.1. The van der Waals surface area contributed by atoms with E-state index < -0.39 is 0 Å². The lowest BCUT2D eigenvalue weighted by molar-refractivity contribution is 0.259. The van der Waals surface area contributed by atoms with Gasteiger partial charge in [-0.25, -0.2) is 0 Å². The highest BCUT2D eigenvalue weighted by Crippen LogP contribution is 2.24. The van der Waals surface area contributed by atoms with Crippen molar-refractivity contribution in [2.45, 2.75) is 13.3 Å². The second kappa shape index (κ2) is 6.29. The third kappa shape index (κ3) is 2.97. The average Bonchev–Trinajstić information content (AvgIpc) is 2.91. The summed E-state index contributed by atoms with van der Waals surface area (Å²) in [6, 6.07) is 5.76. The van der Waals surface area contributed by atoms with Gasteiger partial charge in [0, 0.05) is 24.0 Å². The van der Waals surface area contributed by atoms with Crippen LogP contribution in [0.15, 0.2) is 29.2 Å². The number of nitrogens with one attached hydrogen (secondary N) is 2. The standard InChI is InChI=1S/C15H18N2O2.ClH/c1-10-6-13-12(3-5-17-15(13)18)7-14(10)19-9-11-2-4-16-8-11;/h3,5-7,11,16H,2,4,8-9H2,1H3,(H,17,18);1H. The van der Waals surface area contributed by atoms with Crippen LogP contribution in [-0.4, -0.2) is 24.7 Å². The van der Waals surface area contributed by atoms with E-state index in [9.17, 15) is 4.79 Å². The highest BCUT2D eigenvalue weighted by molar-refractivity contribution is 5.85. The maximum absolute atomic E-state index is 11.7. The molecule has 5 heteroatoms. The average molecular weight is 295 g/mol. The number of aromatic amines is 1. The van der Waals surface area contributed by atoms with Crippen molar-refractivity contribution >= 4 is 23.2 Å². The van der Waals surface area contributed by atoms with E-state index >= 15 is 0 Å². The normalized spacial score (nSPS) is 17.9. The highest BCUT2D eigenvalue weighted by Gasteiger charge is 2.15. The van der Waals surface area contributed by atoms with Crippen LogP contribution in [0.25, 0.3) is 10.8 Å². The van der Waals surface area contributed by atoms with E-state index in [4.69, 9.17) is 4.74 Å². The van der Waals surface area contributed by atoms with Crippen molar-refractivity contribution in [1.82, 2.24) is 10.3 Å². The Labute approximate surface area is 123 Å². The molecule has 1 fully saturated rings. The molecular formula is C15H19ClN2O2. The van der Waals surface area contributed by atoms with Gasteiger partial charge in [-0.15, -0.1) is 12.4 Å². The molecule has 20 heavy (non-hydrogen) atoms. The van der Waals surface area contributed by atoms with Crippen LogP contribution in [0.5, 0.6) is 5.75 Å². The van der Waals surface area contributed by atoms with E-state index in [0.717, 1.165) is 41.8 Å². The topological polar surface area (TPSA) is 54.1 Å². The van der Waals surface area contributed by atoms with E-state index in [-0.39, 0.29) is 18.0 Å². The molecule has 1 aromatic carbocycles. The van der Waals surface area contributed by atoms with Crippen LogP contribution in [0.3, 0.4) is 0 Å². The minimum atomic E-state index is -0.0489. The molecule has 2 heterocycles. The summed E-state index contributed by atoms with van der Waals surface area (Å²) < 4.78 is 5.92. The van der Waals surface area contributed by atoms with Gasteiger partial charge in [0.2, 0.25) is 0 Å². The smallest absolute Gasteiger partial charge is 0.255 e. The minimum absolute atomic E-state index is 0. The molecule has 1 saturated heterocycles. The minimum Gasteiger partial charge on any atom is -0.493 e. The number of hydrogen-bond acceptors (Lipinski definition) is 3. The van der Waals surface area contributed by atoms with Gasteiger partial charge in [0.15, 0.2) is 0 Å². The monoisotopic (exact) mass is 294 g/mol. The largest absolute Gasteiger partial charge is 0.493 e. The van der Waals surface area contributed by atoms with Crippen molar-refractivity contribution in [3.05, 3.63) is 40.3 Å². The molecule has 1 aromatic heterocycles. The fourth-order valence-corrected chi connectivity index (χ4v) is 2.54. The van der Waals surface area contributed by atoms with Crippen LogP contribution < -0.4 is 15.6 Å². The van der Waals surface area contributed by atoms with Gasteiger partial charge >= 0.3 is 0 Å². The number of ether oxygens (including phenoxy) is 1. The van der Waals surface area contributed by atoms with Gasteiger partial charge < -0.3 is 15.0 Å². The van der Waals surface area contributed by atoms with Gasteiger partial charge in [0.05, 0.1) is 6.61 Å². The van der Waals surface area contributed by atoms with Crippen LogP contribution in [0.1, 0.15) is 12.0 Å². The lowest BCUT2D eigenvalue weighted by Crippen LogP contribution is -2.16. The SMILES string of the molecule is Cc1cc2c(=O)[nH]ccc2cc1OCC1CCNC1.Cl. The number of aromatic nitrogens is 1. The summed E-state index contributed by atoms with van der Waals surface area (Å²) in [5, 5.41) is 4.98. The summed E-state index contributed by atoms with van der Waals surface area (Å²) in [5.74, 6) is 1.47. The number of aryl methyl sites for hydroxylation is 1. The number of H-pyrrole nitrogens is 1. The summed E-state index contributed by atoms with van der Waals surface area (Å²) in [5.41, 5.74) is 0.960. The number of fused-ring (bicyclic) bond motifs is 1. The molecule has 4 nitrogen and oxygen atoms in total. The molecule has 0 saturated carbocycles. The molecular weight excluding hydrogens is 276 g/mol. The van der Waals surface area contributed by atoms with Crippen molar-refractivity contribution in [1.29, 1.82) is 0 Å². The first kappa shape index (κ1) is 14.9. The van der Waals surface area contributed by atoms with E-state index in [0.29, 0.717) is 5.92 Å². The Kier molecular flexibility index (Phi) is 4.68. The van der Waals surface area contributed by atoms with Crippen LogP contribution in [0, 0.1) is 12.8 Å². The molecule has 2 aromatic rings. The van der Waals surface area contributed by atoms with Crippen molar-refractivity contribution < 1.29 is 4.74 Å². The van der Waals surface area contributed by atoms with Crippen molar-refractivity contribution in [2.75, 3.05) is 19.7 Å². The molecule has 0 amide bonds. The Bertz CT molecular complexity index is 648. The highest BCUT2D eigenvalue weighted by atomic mass is 35.5. The maximum Gasteiger partial charge on any atom is 0.255 e. The quantitative estimate of drug-likeness (QED) is 0.913. The fraction of sp³-hybridized carbons (Fsp3) is 0.400. The first-order chi connectivity index (χ1) is 9.24. The number of hydrogen-bond donors (Lipinski definition) is 2. The molecule has 1 aliphatic rings. The fourth-order valence-electron chi connectivity index (χ4n) is 2.54. The first-order valence-electron chi connectivity index (χ1n) is 6.69. The molecule has 0 spiro atoms. The van der Waals surface area contributed by atoms with Crippen LogP contribution in [0.4, 0.5) is 0 Å². The Balaban J connectivity index is 0.00000147. The van der Waals surface area contributed by atoms with Gasteiger partial charge in [-0.1, -0.05) is 0 Å². The maximum atomic E-state index is 11.7. The van der Waals surface area contributed by atoms with E-state index in [1.165, 1.54) is 6.42 Å². The Morgan fingerprint density at radius 3 is 3.00 bits per heavy atom. The molecule has 3 rings (SSSR count). The summed E-state index contributed by atoms with van der Waals surface area (Å²) in [6.07, 6.45) is 2.84. The van der Waals surface area contributed by atoms with Crippen LogP contribution >= 0.6 is 12.4 Å². The number of pyridine rings is 1. The predicted molar refractivity (Wildman–Crippen MR) is 83.0 cm³/mol. The molecule has 1 aliphatic heterocycles. The van der Waals surface area contributed by atoms with Crippen LogP contribution in [-0.2, 0) is 0 Å². The molecule has 0 radical (unpaired) electrons. The summed E-state index contributed by atoms with van der Waals surface area (Å²) in [6.45, 7) is 4.84. The Hall–Kier alpha value is -1.52. The molecule has 1 atom stereocenters. The second-order valence-corrected chi connectivity index (χ2v) is 5.18. The van der Waals surface area contributed by atoms with Gasteiger partial charge in [-0.3, -0.25) is 4.79 Å². The van der Waals surface area contributed by atoms with Gasteiger partial charge in [0.25, 0.3) is 5.56 Å². The van der Waals surface area contributed by atoms with Gasteiger partial charge in [-0.2, -0.15) is 0 Å². The third-order valence-corrected chi connectivity index (χ3v) is 3.71. The number of benzene rings is 1. The third-order valence-electron chi connectivity index (χ3n) is 3.71. The van der Waals surface area contributed by atoms with Crippen LogP contribution in [0.2, 0.25) is 0 Å². The van der Waals surface area contributed by atoms with Crippen molar-refractivity contribution in [2.24, 2.45) is 5.92 Å². The van der Waals surface area contributed by atoms with Crippen molar-refractivity contribution in [3.8, 4) is 5.75 Å². The molecule has 1 unspecified atom stereocenters. The zero-order chi connectivity index (χ0) is 13.2. The van der Waals surface area contributed by atoms with E-state index in [1.54, 1.807) is 6.20 Å². The summed E-state index contributed by atoms with van der Waals surface area (Å²) in [4.78, 5) is 14.4. The van der Waals surface area contributed by atoms with Gasteiger partial charge in [0.1, 0.15) is 5.75 Å². The Morgan fingerprint density at radius 2 is 2.25 bits per heavy atom. The van der Waals surface area contributed by atoms with E-state index in [2.05, 4.69) is 10.3 Å². The summed E-state index contributed by atoms with van der Waals surface area (Å²) >= 11 is 0. The lowest BCUT2D eigenvalue weighted by Gasteiger charge is -2.13. The molecule has 108 valence electrons. The number of halogens is 1. The second-order valence-electron chi connectivity index (χ2n) is 5.18. The molecule has 2 N–H and O–H groups in total. The Morgan fingerprint density at radius 1 is 1.40 bits per heavy atom. The van der Waals surface area contributed by atoms with Gasteiger partial charge in [-0.05, 0) is 49.0 Å². The zero-order valence-corrected chi connectivity index (χ0v) is 12.3. The molecule has 0 aliphatic carbocycles. The van der Waals surface area contributed by atoms with Crippen molar-refractivity contribution in [3.63, 3.8) is 0 Å². The predicted octanol–water partition coefficient (Wildman–Crippen LogP) is 2.25.